The minimum Gasteiger partial charge on any atom is -0.791 e. The number of nitrogens with one attached hydrogen (secondary N) is 1. The van der Waals surface area contributed by atoms with Gasteiger partial charge in [0.15, 0.2) is 0 Å². The van der Waals surface area contributed by atoms with E-state index in [1.807, 2.05) is 0 Å². The van der Waals surface area contributed by atoms with Gasteiger partial charge in [0.25, 0.3) is 0 Å². The molecule has 0 spiro atoms. The van der Waals surface area contributed by atoms with Crippen LogP contribution >= 0.6 is 0 Å². The summed E-state index contributed by atoms with van der Waals surface area (Å²) in [6.45, 7) is 0.366. The van der Waals surface area contributed by atoms with E-state index in [2.05, 4.69) is 17.9 Å². The summed E-state index contributed by atoms with van der Waals surface area (Å²) in [4.78, 5) is 9.60. The van der Waals surface area contributed by atoms with Gasteiger partial charge in [-0.2, -0.15) is 5.75 Å². The van der Waals surface area contributed by atoms with E-state index in [1.165, 1.54) is 0 Å². The van der Waals surface area contributed by atoms with Crippen LogP contribution in [-0.2, 0) is 31.2 Å². The molecule has 3 nitrogen and oxygen atoms in total. The Morgan fingerprint density at radius 1 is 1.75 bits per heavy atom. The van der Waals surface area contributed by atoms with Crippen molar-refractivity contribution < 1.29 is 28.5 Å². The van der Waals surface area contributed by atoms with Gasteiger partial charge < -0.3 is 23.1 Å². The normalized spacial score (nSPS) is 7.12. The Bertz CT molecular complexity index is 70.3. The summed E-state index contributed by atoms with van der Waals surface area (Å²) in [5.41, 5.74) is 0. The summed E-state index contributed by atoms with van der Waals surface area (Å²) >= 11 is 4.44. The summed E-state index contributed by atoms with van der Waals surface area (Å²) in [5.74, 6) is 0.437. The number of carboxylic acid groups (broad SMARTS) is 1. The van der Waals surface area contributed by atoms with Gasteiger partial charge in [0.05, 0.1) is 0 Å². The molecule has 0 aliphatic rings. The smallest absolute Gasteiger partial charge is 0.404 e. The molecule has 0 aromatic rings. The molecule has 0 aliphatic carbocycles. The van der Waals surface area contributed by atoms with Crippen LogP contribution < -0.4 is 5.32 Å². The van der Waals surface area contributed by atoms with Gasteiger partial charge in [0.2, 0.25) is 0 Å². The first-order valence-electron chi connectivity index (χ1n) is 1.82. The minimum absolute atomic E-state index is 0. The second-order valence-electron chi connectivity index (χ2n) is 0.936. The van der Waals surface area contributed by atoms with Crippen molar-refractivity contribution in [1.82, 2.24) is 5.32 Å². The summed E-state index contributed by atoms with van der Waals surface area (Å²) < 4.78 is 0. The Hall–Kier alpha value is 0.204. The van der Waals surface area contributed by atoms with Crippen molar-refractivity contribution in [3.63, 3.8) is 0 Å². The van der Waals surface area contributed by atoms with Gasteiger partial charge in [-0.25, -0.2) is 4.79 Å². The quantitative estimate of drug-likeness (QED) is 0.565. The number of hydrogen-bond donors (Lipinski definition) is 2. The molecule has 47 valence electrons. The molecule has 0 heterocycles. The van der Waals surface area contributed by atoms with Crippen LogP contribution in [0.2, 0.25) is 0 Å². The van der Waals surface area contributed by atoms with E-state index < -0.39 is 6.09 Å². The third-order valence-corrected chi connectivity index (χ3v) is 0.582. The van der Waals surface area contributed by atoms with E-state index in [4.69, 9.17) is 5.11 Å². The predicted octanol–water partition coefficient (Wildman–Crippen LogP) is -0.202. The van der Waals surface area contributed by atoms with Crippen LogP contribution in [0, 0.1) is 0 Å². The maximum absolute atomic E-state index is 9.60. The topological polar surface area (TPSA) is 49.3 Å². The van der Waals surface area contributed by atoms with Crippen molar-refractivity contribution in [2.24, 2.45) is 0 Å². The molecular formula is C3H6NO2SV-. The first-order chi connectivity index (χ1) is 3.27. The minimum atomic E-state index is -1.01. The van der Waals surface area contributed by atoms with Crippen LogP contribution in [0.25, 0.3) is 0 Å². The molecule has 0 bridgehead atoms. The maximum Gasteiger partial charge on any atom is 0.404 e. The SMILES string of the molecule is O=C(O)NCC[S-].[V]. The second-order valence-corrected chi connectivity index (χ2v) is 1.34. The third-order valence-electron chi connectivity index (χ3n) is 0.378. The average Bonchev–Trinajstić information content (AvgIpc) is 1.61. The molecule has 1 radical (unpaired) electrons. The van der Waals surface area contributed by atoms with E-state index >= 15 is 0 Å². The van der Waals surface area contributed by atoms with Gasteiger partial charge in [-0.1, -0.05) is 0 Å². The van der Waals surface area contributed by atoms with Crippen LogP contribution in [0.15, 0.2) is 0 Å². The number of hydrogen-bond acceptors (Lipinski definition) is 2. The molecular weight excluding hydrogens is 165 g/mol. The molecule has 1 amide bonds. The van der Waals surface area contributed by atoms with Gasteiger partial charge >= 0.3 is 6.09 Å². The summed E-state index contributed by atoms with van der Waals surface area (Å²) in [6.07, 6.45) is -1.01. The second kappa shape index (κ2) is 7.20. The monoisotopic (exact) mass is 171 g/mol. The van der Waals surface area contributed by atoms with Crippen molar-refractivity contribution in [3.8, 4) is 0 Å². The standard InChI is InChI=1S/C3H7NO2S.V/c5-3(6)4-1-2-7;/h4,7H,1-2H2,(H,5,6);/p-1. The van der Waals surface area contributed by atoms with Gasteiger partial charge in [-0.05, 0) is 6.54 Å². The molecule has 0 aromatic carbocycles. The molecule has 0 saturated carbocycles. The Labute approximate surface area is 65.1 Å². The number of carbonyl (C=O) groups is 1. The average molecular weight is 171 g/mol. The Morgan fingerprint density at radius 2 is 2.25 bits per heavy atom. The first-order valence-corrected chi connectivity index (χ1v) is 2.40. The summed E-state index contributed by atoms with van der Waals surface area (Å²) in [5, 5.41) is 9.99. The summed E-state index contributed by atoms with van der Waals surface area (Å²) in [7, 11) is 0. The van der Waals surface area contributed by atoms with Gasteiger partial charge in [0, 0.05) is 18.6 Å². The molecule has 5 heteroatoms. The molecule has 0 fully saturated rings. The zero-order valence-corrected chi connectivity index (χ0v) is 6.34. The Balaban J connectivity index is 0. The zero-order chi connectivity index (χ0) is 5.70. The zero-order valence-electron chi connectivity index (χ0n) is 4.13. The van der Waals surface area contributed by atoms with Crippen molar-refractivity contribution in [2.75, 3.05) is 12.3 Å². The van der Waals surface area contributed by atoms with Crippen LogP contribution in [0.5, 0.6) is 0 Å². The molecule has 0 aliphatic heterocycles. The van der Waals surface area contributed by atoms with Crippen molar-refractivity contribution in [1.29, 1.82) is 0 Å². The molecule has 0 aromatic heterocycles. The summed E-state index contributed by atoms with van der Waals surface area (Å²) in [6, 6.07) is 0. The van der Waals surface area contributed by atoms with Gasteiger partial charge in [-0.15, -0.1) is 0 Å². The number of rotatable bonds is 2. The van der Waals surface area contributed by atoms with Crippen molar-refractivity contribution >= 4 is 18.7 Å². The van der Waals surface area contributed by atoms with E-state index in [-0.39, 0.29) is 18.6 Å². The van der Waals surface area contributed by atoms with Crippen molar-refractivity contribution in [2.45, 2.75) is 0 Å². The molecule has 0 rings (SSSR count). The van der Waals surface area contributed by atoms with Crippen LogP contribution in [0.3, 0.4) is 0 Å². The van der Waals surface area contributed by atoms with E-state index in [0.717, 1.165) is 0 Å². The Kier molecular flexibility index (Phi) is 9.96. The van der Waals surface area contributed by atoms with Crippen LogP contribution in [0.1, 0.15) is 0 Å². The number of amides is 1. The first kappa shape index (κ1) is 11.1. The van der Waals surface area contributed by atoms with Gasteiger partial charge in [-0.3, -0.25) is 0 Å². The van der Waals surface area contributed by atoms with E-state index in [9.17, 15) is 4.79 Å². The molecule has 0 unspecified atom stereocenters. The fraction of sp³-hybridized carbons (Fsp3) is 0.667. The maximum atomic E-state index is 9.60. The van der Waals surface area contributed by atoms with E-state index in [1.54, 1.807) is 0 Å². The fourth-order valence-electron chi connectivity index (χ4n) is 0.158. The molecule has 0 atom stereocenters. The molecule has 2 N–H and O–H groups in total. The van der Waals surface area contributed by atoms with Crippen LogP contribution in [-0.4, -0.2) is 23.5 Å². The van der Waals surface area contributed by atoms with E-state index in [0.29, 0.717) is 12.3 Å². The van der Waals surface area contributed by atoms with Gasteiger partial charge in [0.1, 0.15) is 0 Å². The largest absolute Gasteiger partial charge is 0.791 e. The van der Waals surface area contributed by atoms with Crippen LogP contribution in [0.4, 0.5) is 4.79 Å². The predicted molar refractivity (Wildman–Crippen MR) is 28.3 cm³/mol. The Morgan fingerprint density at radius 3 is 2.38 bits per heavy atom. The molecule has 0 saturated heterocycles. The third kappa shape index (κ3) is 9.51. The molecule has 8 heavy (non-hydrogen) atoms. The fourth-order valence-corrected chi connectivity index (χ4v) is 0.260. The van der Waals surface area contributed by atoms with Crippen molar-refractivity contribution in [3.05, 3.63) is 0 Å².